The Morgan fingerprint density at radius 3 is 2.48 bits per heavy atom. The van der Waals surface area contributed by atoms with Crippen LogP contribution in [0.15, 0.2) is 46.9 Å². The van der Waals surface area contributed by atoms with Crippen LogP contribution in [-0.2, 0) is 6.42 Å². The monoisotopic (exact) mass is 282 g/mol. The molecule has 4 heteroatoms. The molecule has 2 N–H and O–H groups in total. The van der Waals surface area contributed by atoms with E-state index in [1.807, 2.05) is 6.92 Å². The predicted octanol–water partition coefficient (Wildman–Crippen LogP) is 3.64. The van der Waals surface area contributed by atoms with E-state index >= 15 is 0 Å². The molecule has 0 unspecified atom stereocenters. The highest BCUT2D eigenvalue weighted by Gasteiger charge is 2.19. The maximum absolute atomic E-state index is 12.6. The number of carbonyl (C=O) groups excluding carboxylic acids is 1. The Balaban J connectivity index is 2.18. The predicted molar refractivity (Wildman–Crippen MR) is 78.8 cm³/mol. The highest BCUT2D eigenvalue weighted by molar-refractivity contribution is 6.17. The minimum atomic E-state index is -0.304. The van der Waals surface area contributed by atoms with Crippen molar-refractivity contribution in [3.63, 3.8) is 0 Å². The zero-order valence-electron chi connectivity index (χ0n) is 11.5. The number of phenols is 2. The van der Waals surface area contributed by atoms with E-state index in [1.165, 1.54) is 30.3 Å². The number of phenolic OH excluding ortho intramolecular Hbond substituents is 2. The Hall–Kier alpha value is -2.75. The van der Waals surface area contributed by atoms with Gasteiger partial charge in [-0.1, -0.05) is 6.92 Å². The summed E-state index contributed by atoms with van der Waals surface area (Å²) >= 11 is 0. The first kappa shape index (κ1) is 13.2. The van der Waals surface area contributed by atoms with Crippen molar-refractivity contribution >= 4 is 16.8 Å². The third-order valence-electron chi connectivity index (χ3n) is 3.43. The standard InChI is InChI=1S/C17H14O4/c1-2-12-9-13-15(21-12)8-7-14(19)16(13)17(20)10-3-5-11(18)6-4-10/h3-9,18-19H,2H2,1H3. The molecule has 0 saturated carbocycles. The molecular formula is C17H14O4. The third kappa shape index (κ3) is 2.25. The van der Waals surface area contributed by atoms with Gasteiger partial charge < -0.3 is 14.6 Å². The molecule has 0 fully saturated rings. The molecule has 106 valence electrons. The Labute approximate surface area is 121 Å². The molecule has 21 heavy (non-hydrogen) atoms. The van der Waals surface area contributed by atoms with Crippen molar-refractivity contribution in [1.29, 1.82) is 0 Å². The van der Waals surface area contributed by atoms with Crippen molar-refractivity contribution in [2.24, 2.45) is 0 Å². The van der Waals surface area contributed by atoms with Gasteiger partial charge in [-0.25, -0.2) is 0 Å². The maximum atomic E-state index is 12.6. The fourth-order valence-electron chi connectivity index (χ4n) is 2.32. The fraction of sp³-hybridized carbons (Fsp3) is 0.118. The number of furan rings is 1. The summed E-state index contributed by atoms with van der Waals surface area (Å²) in [5.41, 5.74) is 1.20. The molecule has 1 aromatic heterocycles. The minimum Gasteiger partial charge on any atom is -0.508 e. The van der Waals surface area contributed by atoms with Crippen LogP contribution in [0, 0.1) is 0 Å². The zero-order chi connectivity index (χ0) is 15.0. The quantitative estimate of drug-likeness (QED) is 0.719. The molecule has 1 heterocycles. The van der Waals surface area contributed by atoms with Crippen LogP contribution in [-0.4, -0.2) is 16.0 Å². The van der Waals surface area contributed by atoms with Crippen LogP contribution in [0.25, 0.3) is 11.0 Å². The number of carbonyl (C=O) groups is 1. The van der Waals surface area contributed by atoms with Gasteiger partial charge in [0.15, 0.2) is 5.78 Å². The minimum absolute atomic E-state index is 0.0796. The molecule has 0 saturated heterocycles. The van der Waals surface area contributed by atoms with Crippen molar-refractivity contribution in [3.8, 4) is 11.5 Å². The number of fused-ring (bicyclic) bond motifs is 1. The normalized spacial score (nSPS) is 10.9. The smallest absolute Gasteiger partial charge is 0.197 e. The highest BCUT2D eigenvalue weighted by Crippen LogP contribution is 2.32. The van der Waals surface area contributed by atoms with Crippen LogP contribution in [0.2, 0.25) is 0 Å². The summed E-state index contributed by atoms with van der Waals surface area (Å²) in [6.45, 7) is 1.96. The van der Waals surface area contributed by atoms with Crippen LogP contribution in [0.4, 0.5) is 0 Å². The Bertz CT molecular complexity index is 813. The second-order valence-corrected chi connectivity index (χ2v) is 4.81. The van der Waals surface area contributed by atoms with Gasteiger partial charge in [0.1, 0.15) is 22.8 Å². The number of rotatable bonds is 3. The van der Waals surface area contributed by atoms with Crippen molar-refractivity contribution in [1.82, 2.24) is 0 Å². The Morgan fingerprint density at radius 2 is 1.81 bits per heavy atom. The van der Waals surface area contributed by atoms with E-state index in [1.54, 1.807) is 12.1 Å². The molecule has 2 aromatic carbocycles. The van der Waals surface area contributed by atoms with Gasteiger partial charge in [-0.05, 0) is 42.5 Å². The molecule has 0 radical (unpaired) electrons. The van der Waals surface area contributed by atoms with Gasteiger partial charge in [0, 0.05) is 17.4 Å². The number of ketones is 1. The topological polar surface area (TPSA) is 70.7 Å². The average molecular weight is 282 g/mol. The van der Waals surface area contributed by atoms with Crippen molar-refractivity contribution in [2.45, 2.75) is 13.3 Å². The largest absolute Gasteiger partial charge is 0.508 e. The number of aromatic hydroxyl groups is 2. The number of hydrogen-bond donors (Lipinski definition) is 2. The van der Waals surface area contributed by atoms with Gasteiger partial charge >= 0.3 is 0 Å². The van der Waals surface area contributed by atoms with Gasteiger partial charge in [-0.2, -0.15) is 0 Å². The molecule has 0 bridgehead atoms. The number of benzene rings is 2. The Morgan fingerprint density at radius 1 is 1.10 bits per heavy atom. The molecule has 0 amide bonds. The van der Waals surface area contributed by atoms with E-state index in [-0.39, 0.29) is 22.8 Å². The lowest BCUT2D eigenvalue weighted by molar-refractivity contribution is 0.103. The molecule has 0 atom stereocenters. The lowest BCUT2D eigenvalue weighted by Gasteiger charge is -2.05. The van der Waals surface area contributed by atoms with E-state index in [9.17, 15) is 15.0 Å². The van der Waals surface area contributed by atoms with Gasteiger partial charge in [-0.15, -0.1) is 0 Å². The van der Waals surface area contributed by atoms with E-state index < -0.39 is 0 Å². The van der Waals surface area contributed by atoms with Crippen LogP contribution < -0.4 is 0 Å². The van der Waals surface area contributed by atoms with E-state index in [0.717, 1.165) is 5.76 Å². The summed E-state index contributed by atoms with van der Waals surface area (Å²) in [5.74, 6) is 0.464. The summed E-state index contributed by atoms with van der Waals surface area (Å²) in [6, 6.07) is 10.8. The van der Waals surface area contributed by atoms with Crippen LogP contribution in [0.1, 0.15) is 28.6 Å². The molecule has 0 aliphatic heterocycles. The van der Waals surface area contributed by atoms with Crippen LogP contribution in [0.5, 0.6) is 11.5 Å². The number of aryl methyl sites for hydroxylation is 1. The maximum Gasteiger partial charge on any atom is 0.197 e. The molecule has 0 aliphatic rings. The molecule has 3 aromatic rings. The van der Waals surface area contributed by atoms with Crippen LogP contribution in [0.3, 0.4) is 0 Å². The lowest BCUT2D eigenvalue weighted by atomic mass is 9.99. The fourth-order valence-corrected chi connectivity index (χ4v) is 2.32. The Kier molecular flexibility index (Phi) is 3.14. The zero-order valence-corrected chi connectivity index (χ0v) is 11.5. The second kappa shape index (κ2) is 4.98. The number of hydrogen-bond acceptors (Lipinski definition) is 4. The van der Waals surface area contributed by atoms with E-state index in [4.69, 9.17) is 4.42 Å². The molecule has 4 nitrogen and oxygen atoms in total. The second-order valence-electron chi connectivity index (χ2n) is 4.81. The summed E-state index contributed by atoms with van der Waals surface area (Å²) in [7, 11) is 0. The third-order valence-corrected chi connectivity index (χ3v) is 3.43. The summed E-state index contributed by atoms with van der Waals surface area (Å²) < 4.78 is 5.61. The average Bonchev–Trinajstić information content (AvgIpc) is 2.90. The van der Waals surface area contributed by atoms with E-state index in [0.29, 0.717) is 23.0 Å². The highest BCUT2D eigenvalue weighted by atomic mass is 16.3. The lowest BCUT2D eigenvalue weighted by Crippen LogP contribution is -2.02. The molecule has 3 rings (SSSR count). The van der Waals surface area contributed by atoms with Gasteiger partial charge in [0.25, 0.3) is 0 Å². The summed E-state index contributed by atoms with van der Waals surface area (Å²) in [5, 5.41) is 20.0. The van der Waals surface area contributed by atoms with Crippen molar-refractivity contribution in [3.05, 3.63) is 59.4 Å². The first-order valence-electron chi connectivity index (χ1n) is 6.68. The van der Waals surface area contributed by atoms with Gasteiger partial charge in [0.05, 0.1) is 5.56 Å². The summed E-state index contributed by atoms with van der Waals surface area (Å²) in [6.07, 6.45) is 0.711. The first-order valence-corrected chi connectivity index (χ1v) is 6.68. The van der Waals surface area contributed by atoms with Crippen molar-refractivity contribution in [2.75, 3.05) is 0 Å². The van der Waals surface area contributed by atoms with Crippen LogP contribution >= 0.6 is 0 Å². The van der Waals surface area contributed by atoms with Gasteiger partial charge in [0.2, 0.25) is 0 Å². The molecular weight excluding hydrogens is 268 g/mol. The SMILES string of the molecule is CCc1cc2c(C(=O)c3ccc(O)cc3)c(O)ccc2o1. The molecule has 0 aliphatic carbocycles. The van der Waals surface area contributed by atoms with Gasteiger partial charge in [-0.3, -0.25) is 4.79 Å². The summed E-state index contributed by atoms with van der Waals surface area (Å²) in [4.78, 5) is 12.6. The molecule has 0 spiro atoms. The van der Waals surface area contributed by atoms with Crippen molar-refractivity contribution < 1.29 is 19.4 Å². The van der Waals surface area contributed by atoms with E-state index in [2.05, 4.69) is 0 Å². The first-order chi connectivity index (χ1) is 10.1.